The highest BCUT2D eigenvalue weighted by Crippen LogP contribution is 2.23. The predicted molar refractivity (Wildman–Crippen MR) is 87.9 cm³/mol. The van der Waals surface area contributed by atoms with Crippen molar-refractivity contribution in [3.05, 3.63) is 41.7 Å². The van der Waals surface area contributed by atoms with Crippen LogP contribution in [-0.2, 0) is 32.3 Å². The van der Waals surface area contributed by atoms with E-state index in [1.54, 1.807) is 7.11 Å². The monoisotopic (exact) mass is 337 g/mol. The molecule has 0 saturated heterocycles. The Morgan fingerprint density at radius 3 is 2.39 bits per heavy atom. The molecular weight excluding hydrogens is 314 g/mol. The highest BCUT2D eigenvalue weighted by atomic mass is 32.2. The molecule has 2 aromatic rings. The van der Waals surface area contributed by atoms with Crippen LogP contribution in [0.2, 0.25) is 0 Å². The molecule has 0 N–H and O–H groups in total. The number of ether oxygens (including phenoxy) is 1. The molecule has 0 saturated carbocycles. The van der Waals surface area contributed by atoms with Gasteiger partial charge in [-0.2, -0.15) is 0 Å². The lowest BCUT2D eigenvalue weighted by Crippen LogP contribution is -2.15. The summed E-state index contributed by atoms with van der Waals surface area (Å²) in [5.74, 6) is -0.0941. The zero-order chi connectivity index (χ0) is 17.1. The van der Waals surface area contributed by atoms with Crippen molar-refractivity contribution in [3.63, 3.8) is 0 Å². The Labute approximate surface area is 137 Å². The van der Waals surface area contributed by atoms with Gasteiger partial charge in [-0.15, -0.1) is 10.2 Å². The number of rotatable bonds is 6. The number of hydrogen-bond acceptors (Lipinski definition) is 5. The molecule has 0 atom stereocenters. The van der Waals surface area contributed by atoms with Crippen LogP contribution in [0.4, 0.5) is 0 Å². The van der Waals surface area contributed by atoms with Gasteiger partial charge in [-0.3, -0.25) is 0 Å². The Morgan fingerprint density at radius 1 is 1.17 bits per heavy atom. The molecule has 2 rings (SSSR count). The van der Waals surface area contributed by atoms with Crippen LogP contribution >= 0.6 is 0 Å². The Balaban J connectivity index is 2.20. The van der Waals surface area contributed by atoms with Crippen LogP contribution in [-0.4, -0.2) is 36.9 Å². The van der Waals surface area contributed by atoms with Crippen molar-refractivity contribution in [1.29, 1.82) is 0 Å². The van der Waals surface area contributed by atoms with E-state index in [2.05, 4.69) is 31.0 Å². The summed E-state index contributed by atoms with van der Waals surface area (Å²) >= 11 is 0. The highest BCUT2D eigenvalue weighted by molar-refractivity contribution is 7.90. The molecule has 0 aliphatic rings. The first-order valence-electron chi connectivity index (χ1n) is 7.43. The second-order valence-electron chi connectivity index (χ2n) is 6.51. The molecule has 0 radical (unpaired) electrons. The van der Waals surface area contributed by atoms with Gasteiger partial charge in [0.1, 0.15) is 6.33 Å². The summed E-state index contributed by atoms with van der Waals surface area (Å²) < 4.78 is 31.6. The average molecular weight is 337 g/mol. The third kappa shape index (κ3) is 4.39. The first kappa shape index (κ1) is 17.6. The number of sulfone groups is 1. The molecule has 0 aliphatic heterocycles. The summed E-state index contributed by atoms with van der Waals surface area (Å²) in [6.45, 7) is 7.17. The Bertz CT molecular complexity index is 744. The maximum atomic E-state index is 12.6. The molecule has 1 aromatic carbocycles. The van der Waals surface area contributed by atoms with E-state index in [1.807, 2.05) is 24.3 Å². The van der Waals surface area contributed by atoms with E-state index in [9.17, 15) is 8.42 Å². The SMILES string of the molecule is COCCn1cnnc1S(=O)(=O)Cc1ccc(C(C)(C)C)cc1. The second kappa shape index (κ2) is 6.80. The van der Waals surface area contributed by atoms with Crippen LogP contribution in [0.3, 0.4) is 0 Å². The Hall–Kier alpha value is -1.73. The minimum absolute atomic E-state index is 0.0190. The van der Waals surface area contributed by atoms with Gasteiger partial charge in [-0.05, 0) is 16.5 Å². The van der Waals surface area contributed by atoms with E-state index in [0.29, 0.717) is 13.2 Å². The van der Waals surface area contributed by atoms with Gasteiger partial charge >= 0.3 is 0 Å². The summed E-state index contributed by atoms with van der Waals surface area (Å²) in [7, 11) is -1.98. The molecule has 0 aliphatic carbocycles. The molecule has 0 spiro atoms. The summed E-state index contributed by atoms with van der Waals surface area (Å²) in [6, 6.07) is 7.66. The molecule has 7 heteroatoms. The zero-order valence-corrected chi connectivity index (χ0v) is 14.8. The van der Waals surface area contributed by atoms with Crippen molar-refractivity contribution in [2.24, 2.45) is 0 Å². The third-order valence-corrected chi connectivity index (χ3v) is 5.16. The number of aromatic nitrogens is 3. The fraction of sp³-hybridized carbons (Fsp3) is 0.500. The minimum Gasteiger partial charge on any atom is -0.383 e. The van der Waals surface area contributed by atoms with Crippen molar-refractivity contribution in [2.45, 2.75) is 43.6 Å². The lowest BCUT2D eigenvalue weighted by Gasteiger charge is -2.19. The number of nitrogens with zero attached hydrogens (tertiary/aromatic N) is 3. The summed E-state index contributed by atoms with van der Waals surface area (Å²) in [6.07, 6.45) is 1.41. The van der Waals surface area contributed by atoms with Gasteiger partial charge in [0, 0.05) is 13.7 Å². The molecule has 0 fully saturated rings. The van der Waals surface area contributed by atoms with E-state index in [0.717, 1.165) is 5.56 Å². The van der Waals surface area contributed by atoms with E-state index < -0.39 is 9.84 Å². The normalized spacial score (nSPS) is 12.5. The Kier molecular flexibility index (Phi) is 5.21. The van der Waals surface area contributed by atoms with Gasteiger partial charge in [-0.1, -0.05) is 45.0 Å². The maximum absolute atomic E-state index is 12.6. The van der Waals surface area contributed by atoms with Crippen LogP contribution in [0.25, 0.3) is 0 Å². The average Bonchev–Trinajstić information content (AvgIpc) is 2.93. The first-order valence-corrected chi connectivity index (χ1v) is 9.08. The van der Waals surface area contributed by atoms with Crippen LogP contribution in [0.15, 0.2) is 35.7 Å². The van der Waals surface area contributed by atoms with Crippen molar-refractivity contribution in [3.8, 4) is 0 Å². The van der Waals surface area contributed by atoms with Crippen molar-refractivity contribution in [2.75, 3.05) is 13.7 Å². The van der Waals surface area contributed by atoms with Crippen molar-refractivity contribution in [1.82, 2.24) is 14.8 Å². The van der Waals surface area contributed by atoms with Crippen LogP contribution < -0.4 is 0 Å². The van der Waals surface area contributed by atoms with Gasteiger partial charge in [0.05, 0.1) is 12.4 Å². The van der Waals surface area contributed by atoms with E-state index in [4.69, 9.17) is 4.74 Å². The fourth-order valence-electron chi connectivity index (χ4n) is 2.21. The standard InChI is InChI=1S/C16H23N3O3S/c1-16(2,3)14-7-5-13(6-8-14)11-23(20,21)15-18-17-12-19(15)9-10-22-4/h5-8,12H,9-11H2,1-4H3. The molecule has 6 nitrogen and oxygen atoms in total. The number of methoxy groups -OCH3 is 1. The largest absolute Gasteiger partial charge is 0.383 e. The smallest absolute Gasteiger partial charge is 0.249 e. The first-order chi connectivity index (χ1) is 10.7. The molecule has 126 valence electrons. The third-order valence-electron chi connectivity index (χ3n) is 3.57. The maximum Gasteiger partial charge on any atom is 0.249 e. The van der Waals surface area contributed by atoms with Crippen molar-refractivity contribution < 1.29 is 13.2 Å². The summed E-state index contributed by atoms with van der Waals surface area (Å²) in [5, 5.41) is 7.45. The molecule has 0 bridgehead atoms. The van der Waals surface area contributed by atoms with E-state index in [1.165, 1.54) is 16.5 Å². The summed E-state index contributed by atoms with van der Waals surface area (Å²) in [5.41, 5.74) is 1.94. The molecule has 0 unspecified atom stereocenters. The topological polar surface area (TPSA) is 74.1 Å². The lowest BCUT2D eigenvalue weighted by molar-refractivity contribution is 0.184. The molecular formula is C16H23N3O3S. The second-order valence-corrected chi connectivity index (χ2v) is 8.39. The van der Waals surface area contributed by atoms with E-state index in [-0.39, 0.29) is 16.3 Å². The van der Waals surface area contributed by atoms with Crippen LogP contribution in [0.5, 0.6) is 0 Å². The number of hydrogen-bond donors (Lipinski definition) is 0. The van der Waals surface area contributed by atoms with Gasteiger partial charge in [-0.25, -0.2) is 8.42 Å². The number of benzene rings is 1. The molecule has 23 heavy (non-hydrogen) atoms. The molecule has 1 heterocycles. The van der Waals surface area contributed by atoms with Crippen molar-refractivity contribution >= 4 is 9.84 Å². The minimum atomic E-state index is -3.55. The highest BCUT2D eigenvalue weighted by Gasteiger charge is 2.22. The Morgan fingerprint density at radius 2 is 1.83 bits per heavy atom. The zero-order valence-electron chi connectivity index (χ0n) is 14.0. The summed E-state index contributed by atoms with van der Waals surface area (Å²) in [4.78, 5) is 0. The van der Waals surface area contributed by atoms with Crippen LogP contribution in [0, 0.1) is 0 Å². The fourth-order valence-corrected chi connectivity index (χ4v) is 3.64. The van der Waals surface area contributed by atoms with Gasteiger partial charge in [0.25, 0.3) is 0 Å². The lowest BCUT2D eigenvalue weighted by atomic mass is 9.87. The predicted octanol–water partition coefficient (Wildman–Crippen LogP) is 2.20. The van der Waals surface area contributed by atoms with Crippen LogP contribution in [0.1, 0.15) is 31.9 Å². The molecule has 0 amide bonds. The van der Waals surface area contributed by atoms with Gasteiger partial charge < -0.3 is 9.30 Å². The molecule has 1 aromatic heterocycles. The van der Waals surface area contributed by atoms with Gasteiger partial charge in [0.15, 0.2) is 0 Å². The van der Waals surface area contributed by atoms with E-state index >= 15 is 0 Å². The quantitative estimate of drug-likeness (QED) is 0.808. The van der Waals surface area contributed by atoms with Gasteiger partial charge in [0.2, 0.25) is 15.0 Å².